The largest absolute Gasteiger partial charge is 0.494 e. The summed E-state index contributed by atoms with van der Waals surface area (Å²) in [6.07, 6.45) is 2.28. The lowest BCUT2D eigenvalue weighted by Crippen LogP contribution is -2.04. The zero-order chi connectivity index (χ0) is 13.2. The van der Waals surface area contributed by atoms with Crippen LogP contribution < -0.4 is 10.5 Å². The summed E-state index contributed by atoms with van der Waals surface area (Å²) >= 11 is 0. The number of benzene rings is 1. The number of nitrogens with two attached hydrogens (primary N) is 1. The van der Waals surface area contributed by atoms with E-state index in [1.54, 1.807) is 0 Å². The van der Waals surface area contributed by atoms with Gasteiger partial charge in [0.1, 0.15) is 11.6 Å². The summed E-state index contributed by atoms with van der Waals surface area (Å²) in [5, 5.41) is 0. The number of aromatic nitrogens is 3. The van der Waals surface area contributed by atoms with E-state index < -0.39 is 0 Å². The Hall–Kier alpha value is -2.17. The number of rotatable bonds is 4. The molecule has 98 valence electrons. The first-order valence-corrected chi connectivity index (χ1v) is 6.51. The first-order chi connectivity index (χ1) is 9.26. The molecule has 0 amide bonds. The molecule has 1 aromatic carbocycles. The van der Waals surface area contributed by atoms with Crippen LogP contribution in [0, 0.1) is 0 Å². The molecule has 1 aliphatic carbocycles. The highest BCUT2D eigenvalue weighted by molar-refractivity contribution is 5.58. The van der Waals surface area contributed by atoms with Crippen LogP contribution in [-0.2, 0) is 0 Å². The maximum absolute atomic E-state index is 5.77. The van der Waals surface area contributed by atoms with E-state index in [4.69, 9.17) is 10.5 Å². The SMILES string of the molecule is CCOc1cccc(-c2nc(N)nc(C3CC3)n2)c1. The molecular formula is C14H16N4O. The van der Waals surface area contributed by atoms with E-state index in [1.807, 2.05) is 31.2 Å². The van der Waals surface area contributed by atoms with Gasteiger partial charge in [0.15, 0.2) is 5.82 Å². The Morgan fingerprint density at radius 3 is 2.84 bits per heavy atom. The van der Waals surface area contributed by atoms with Crippen molar-refractivity contribution in [3.63, 3.8) is 0 Å². The van der Waals surface area contributed by atoms with Crippen molar-refractivity contribution in [2.75, 3.05) is 12.3 Å². The van der Waals surface area contributed by atoms with Crippen molar-refractivity contribution in [2.24, 2.45) is 0 Å². The normalized spacial score (nSPS) is 14.4. The van der Waals surface area contributed by atoms with Gasteiger partial charge in [-0.05, 0) is 31.9 Å². The Kier molecular flexibility index (Phi) is 3.03. The van der Waals surface area contributed by atoms with E-state index in [1.165, 1.54) is 0 Å². The lowest BCUT2D eigenvalue weighted by molar-refractivity contribution is 0.340. The van der Waals surface area contributed by atoms with Crippen molar-refractivity contribution in [2.45, 2.75) is 25.7 Å². The molecule has 2 N–H and O–H groups in total. The van der Waals surface area contributed by atoms with E-state index in [0.717, 1.165) is 30.0 Å². The fraction of sp³-hybridized carbons (Fsp3) is 0.357. The van der Waals surface area contributed by atoms with Crippen LogP contribution in [0.4, 0.5) is 5.95 Å². The highest BCUT2D eigenvalue weighted by Gasteiger charge is 2.27. The second kappa shape index (κ2) is 4.84. The zero-order valence-corrected chi connectivity index (χ0v) is 10.8. The molecule has 1 saturated carbocycles. The van der Waals surface area contributed by atoms with Crippen LogP contribution in [0.5, 0.6) is 5.75 Å². The number of nitrogens with zero attached hydrogens (tertiary/aromatic N) is 3. The van der Waals surface area contributed by atoms with Crippen molar-refractivity contribution < 1.29 is 4.74 Å². The summed E-state index contributed by atoms with van der Waals surface area (Å²) in [6, 6.07) is 7.72. The molecule has 0 bridgehead atoms. The van der Waals surface area contributed by atoms with Gasteiger partial charge in [0.05, 0.1) is 6.61 Å². The second-order valence-electron chi connectivity index (χ2n) is 4.61. The average molecular weight is 256 g/mol. The Labute approximate surface area is 111 Å². The predicted octanol–water partition coefficient (Wildman–Crippen LogP) is 2.40. The van der Waals surface area contributed by atoms with Gasteiger partial charge in [0.2, 0.25) is 5.95 Å². The summed E-state index contributed by atoms with van der Waals surface area (Å²) in [5.74, 6) is 2.99. The molecular weight excluding hydrogens is 240 g/mol. The molecule has 0 aliphatic heterocycles. The number of nitrogen functional groups attached to an aromatic ring is 1. The van der Waals surface area contributed by atoms with E-state index in [0.29, 0.717) is 18.3 Å². The molecule has 0 radical (unpaired) electrons. The molecule has 1 aliphatic rings. The van der Waals surface area contributed by atoms with Crippen molar-refractivity contribution in [1.82, 2.24) is 15.0 Å². The van der Waals surface area contributed by atoms with Crippen molar-refractivity contribution >= 4 is 5.95 Å². The predicted molar refractivity (Wildman–Crippen MR) is 72.8 cm³/mol. The van der Waals surface area contributed by atoms with Gasteiger partial charge in [-0.3, -0.25) is 0 Å². The molecule has 5 nitrogen and oxygen atoms in total. The van der Waals surface area contributed by atoms with Crippen LogP contribution >= 0.6 is 0 Å². The van der Waals surface area contributed by atoms with Gasteiger partial charge in [0.25, 0.3) is 0 Å². The van der Waals surface area contributed by atoms with Gasteiger partial charge in [-0.25, -0.2) is 4.98 Å². The second-order valence-corrected chi connectivity index (χ2v) is 4.61. The summed E-state index contributed by atoms with van der Waals surface area (Å²) in [5.41, 5.74) is 6.67. The van der Waals surface area contributed by atoms with Crippen LogP contribution in [0.25, 0.3) is 11.4 Å². The third kappa shape index (κ3) is 2.65. The molecule has 2 aromatic rings. The summed E-state index contributed by atoms with van der Waals surface area (Å²) in [4.78, 5) is 12.9. The maximum Gasteiger partial charge on any atom is 0.223 e. The molecule has 5 heteroatoms. The maximum atomic E-state index is 5.77. The van der Waals surface area contributed by atoms with E-state index in [2.05, 4.69) is 15.0 Å². The van der Waals surface area contributed by atoms with E-state index >= 15 is 0 Å². The molecule has 0 saturated heterocycles. The number of hydrogen-bond acceptors (Lipinski definition) is 5. The van der Waals surface area contributed by atoms with Crippen LogP contribution in [-0.4, -0.2) is 21.6 Å². The van der Waals surface area contributed by atoms with Gasteiger partial charge in [-0.15, -0.1) is 0 Å². The Morgan fingerprint density at radius 1 is 1.26 bits per heavy atom. The summed E-state index contributed by atoms with van der Waals surface area (Å²) < 4.78 is 5.49. The Balaban J connectivity index is 1.98. The topological polar surface area (TPSA) is 73.9 Å². The quantitative estimate of drug-likeness (QED) is 0.909. The Bertz CT molecular complexity index is 596. The highest BCUT2D eigenvalue weighted by Crippen LogP contribution is 2.38. The lowest BCUT2D eigenvalue weighted by atomic mass is 10.2. The smallest absolute Gasteiger partial charge is 0.223 e. The zero-order valence-electron chi connectivity index (χ0n) is 10.8. The van der Waals surface area contributed by atoms with Gasteiger partial charge < -0.3 is 10.5 Å². The fourth-order valence-corrected chi connectivity index (χ4v) is 1.95. The molecule has 19 heavy (non-hydrogen) atoms. The minimum atomic E-state index is 0.286. The van der Waals surface area contributed by atoms with Crippen LogP contribution in [0.2, 0.25) is 0 Å². The minimum absolute atomic E-state index is 0.286. The fourth-order valence-electron chi connectivity index (χ4n) is 1.95. The monoisotopic (exact) mass is 256 g/mol. The van der Waals surface area contributed by atoms with Crippen molar-refractivity contribution in [3.05, 3.63) is 30.1 Å². The van der Waals surface area contributed by atoms with Gasteiger partial charge >= 0.3 is 0 Å². The van der Waals surface area contributed by atoms with Gasteiger partial charge in [-0.1, -0.05) is 12.1 Å². The third-order valence-corrected chi connectivity index (χ3v) is 3.02. The van der Waals surface area contributed by atoms with Gasteiger partial charge in [0, 0.05) is 11.5 Å². The average Bonchev–Trinajstić information content (AvgIpc) is 3.23. The van der Waals surface area contributed by atoms with Crippen molar-refractivity contribution in [3.8, 4) is 17.1 Å². The van der Waals surface area contributed by atoms with Crippen LogP contribution in [0.1, 0.15) is 31.5 Å². The van der Waals surface area contributed by atoms with Crippen LogP contribution in [0.15, 0.2) is 24.3 Å². The van der Waals surface area contributed by atoms with E-state index in [9.17, 15) is 0 Å². The number of hydrogen-bond donors (Lipinski definition) is 1. The summed E-state index contributed by atoms with van der Waals surface area (Å²) in [7, 11) is 0. The van der Waals surface area contributed by atoms with Gasteiger partial charge in [-0.2, -0.15) is 9.97 Å². The molecule has 1 aromatic heterocycles. The molecule has 3 rings (SSSR count). The Morgan fingerprint density at radius 2 is 2.11 bits per heavy atom. The molecule has 0 spiro atoms. The first-order valence-electron chi connectivity index (χ1n) is 6.51. The van der Waals surface area contributed by atoms with E-state index in [-0.39, 0.29) is 5.95 Å². The molecule has 1 heterocycles. The molecule has 0 atom stereocenters. The standard InChI is InChI=1S/C14H16N4O/c1-2-19-11-5-3-4-10(8-11)13-16-12(9-6-7-9)17-14(15)18-13/h3-5,8-9H,2,6-7H2,1H3,(H2,15,16,17,18). The van der Waals surface area contributed by atoms with Crippen LogP contribution in [0.3, 0.4) is 0 Å². The molecule has 1 fully saturated rings. The minimum Gasteiger partial charge on any atom is -0.494 e. The summed E-state index contributed by atoms with van der Waals surface area (Å²) in [6.45, 7) is 2.59. The number of anilines is 1. The first kappa shape index (κ1) is 11.9. The van der Waals surface area contributed by atoms with Crippen molar-refractivity contribution in [1.29, 1.82) is 0 Å². The lowest BCUT2D eigenvalue weighted by Gasteiger charge is -2.07. The number of ether oxygens (including phenoxy) is 1. The highest BCUT2D eigenvalue weighted by atomic mass is 16.5. The molecule has 0 unspecified atom stereocenters. The third-order valence-electron chi connectivity index (χ3n) is 3.02.